The first kappa shape index (κ1) is 15.1. The zero-order valence-electron chi connectivity index (χ0n) is 13.0. The molecule has 112 valence electrons. The molecule has 4 heteroatoms. The molecule has 0 amide bonds. The third-order valence-electron chi connectivity index (χ3n) is 4.16. The molecule has 1 unspecified atom stereocenters. The number of ether oxygens (including phenoxy) is 2. The van der Waals surface area contributed by atoms with Crippen LogP contribution in [0.25, 0.3) is 0 Å². The van der Waals surface area contributed by atoms with Crippen molar-refractivity contribution in [3.63, 3.8) is 0 Å². The molecule has 0 bridgehead atoms. The number of nitrogens with two attached hydrogens (primary N) is 1. The molecule has 1 heterocycles. The molecule has 1 aliphatic rings. The van der Waals surface area contributed by atoms with Crippen LogP contribution < -0.4 is 15.2 Å². The average molecular weight is 278 g/mol. The topological polar surface area (TPSA) is 47.7 Å². The van der Waals surface area contributed by atoms with Crippen molar-refractivity contribution in [2.75, 3.05) is 33.9 Å². The summed E-state index contributed by atoms with van der Waals surface area (Å²) in [6, 6.07) is 6.33. The van der Waals surface area contributed by atoms with Crippen LogP contribution in [0.15, 0.2) is 18.2 Å². The van der Waals surface area contributed by atoms with E-state index in [0.29, 0.717) is 12.0 Å². The number of benzene rings is 1. The summed E-state index contributed by atoms with van der Waals surface area (Å²) in [5.41, 5.74) is 7.60. The zero-order chi connectivity index (χ0) is 14.8. The van der Waals surface area contributed by atoms with E-state index < -0.39 is 0 Å². The van der Waals surface area contributed by atoms with Gasteiger partial charge in [0.2, 0.25) is 0 Å². The monoisotopic (exact) mass is 278 g/mol. The van der Waals surface area contributed by atoms with Gasteiger partial charge < -0.3 is 15.2 Å². The number of nitrogens with zero attached hydrogens (tertiary/aromatic N) is 1. The van der Waals surface area contributed by atoms with Crippen molar-refractivity contribution in [3.8, 4) is 11.5 Å². The van der Waals surface area contributed by atoms with E-state index in [1.165, 1.54) is 12.0 Å². The van der Waals surface area contributed by atoms with E-state index >= 15 is 0 Å². The van der Waals surface area contributed by atoms with Crippen molar-refractivity contribution in [1.29, 1.82) is 0 Å². The Hall–Kier alpha value is -1.26. The number of methoxy groups -OCH3 is 2. The lowest BCUT2D eigenvalue weighted by atomic mass is 9.93. The van der Waals surface area contributed by atoms with Crippen LogP contribution in [0, 0.1) is 5.41 Å². The molecule has 0 aromatic heterocycles. The third kappa shape index (κ3) is 3.07. The van der Waals surface area contributed by atoms with E-state index in [0.717, 1.165) is 24.6 Å². The molecule has 20 heavy (non-hydrogen) atoms. The summed E-state index contributed by atoms with van der Waals surface area (Å²) in [5.74, 6) is 1.52. The smallest absolute Gasteiger partial charge is 0.161 e. The second-order valence-corrected chi connectivity index (χ2v) is 6.25. The number of hydrogen-bond donors (Lipinski definition) is 1. The molecular formula is C16H26N2O2. The van der Waals surface area contributed by atoms with Crippen molar-refractivity contribution >= 4 is 0 Å². The Morgan fingerprint density at radius 2 is 1.95 bits per heavy atom. The van der Waals surface area contributed by atoms with Crippen molar-refractivity contribution in [3.05, 3.63) is 23.8 Å². The molecule has 1 aromatic rings. The van der Waals surface area contributed by atoms with Gasteiger partial charge in [-0.3, -0.25) is 4.90 Å². The molecule has 0 aliphatic carbocycles. The summed E-state index contributed by atoms with van der Waals surface area (Å²) < 4.78 is 10.7. The molecule has 0 spiro atoms. The van der Waals surface area contributed by atoms with Crippen LogP contribution in [-0.4, -0.2) is 38.8 Å². The van der Waals surface area contributed by atoms with Crippen molar-refractivity contribution < 1.29 is 9.47 Å². The van der Waals surface area contributed by atoms with Gasteiger partial charge in [-0.2, -0.15) is 0 Å². The Balaban J connectivity index is 2.24. The summed E-state index contributed by atoms with van der Waals surface area (Å²) in [7, 11) is 3.32. The molecule has 1 atom stereocenters. The second kappa shape index (κ2) is 6.02. The maximum absolute atomic E-state index is 6.02. The Kier molecular flexibility index (Phi) is 4.55. The van der Waals surface area contributed by atoms with Crippen LogP contribution in [0.3, 0.4) is 0 Å². The minimum Gasteiger partial charge on any atom is -0.493 e. The highest BCUT2D eigenvalue weighted by molar-refractivity contribution is 5.44. The van der Waals surface area contributed by atoms with Gasteiger partial charge in [-0.15, -0.1) is 0 Å². The molecule has 1 aromatic carbocycles. The Morgan fingerprint density at radius 3 is 2.45 bits per heavy atom. The van der Waals surface area contributed by atoms with Gasteiger partial charge in [0.1, 0.15) is 0 Å². The van der Waals surface area contributed by atoms with Gasteiger partial charge in [-0.05, 0) is 36.1 Å². The largest absolute Gasteiger partial charge is 0.493 e. The maximum atomic E-state index is 6.02. The van der Waals surface area contributed by atoms with Gasteiger partial charge >= 0.3 is 0 Å². The lowest BCUT2D eigenvalue weighted by Crippen LogP contribution is -2.33. The fourth-order valence-corrected chi connectivity index (χ4v) is 2.98. The lowest BCUT2D eigenvalue weighted by molar-refractivity contribution is 0.223. The summed E-state index contributed by atoms with van der Waals surface area (Å²) in [6.07, 6.45) is 1.22. The van der Waals surface area contributed by atoms with Gasteiger partial charge in [-0.25, -0.2) is 0 Å². The minimum atomic E-state index is 0.247. The van der Waals surface area contributed by atoms with Crippen LogP contribution in [0.4, 0.5) is 0 Å². The van der Waals surface area contributed by atoms with E-state index in [-0.39, 0.29) is 6.04 Å². The molecule has 2 rings (SSSR count). The first-order chi connectivity index (χ1) is 9.50. The normalized spacial score (nSPS) is 19.9. The Bertz CT molecular complexity index is 460. The first-order valence-electron chi connectivity index (χ1n) is 7.17. The van der Waals surface area contributed by atoms with Crippen LogP contribution >= 0.6 is 0 Å². The summed E-state index contributed by atoms with van der Waals surface area (Å²) in [5, 5.41) is 0. The number of likely N-dealkylation sites (tertiary alicyclic amines) is 1. The minimum absolute atomic E-state index is 0.247. The molecule has 1 fully saturated rings. The number of hydrogen-bond acceptors (Lipinski definition) is 4. The van der Waals surface area contributed by atoms with Gasteiger partial charge in [-0.1, -0.05) is 19.9 Å². The van der Waals surface area contributed by atoms with Crippen molar-refractivity contribution in [1.82, 2.24) is 4.90 Å². The molecule has 0 saturated carbocycles. The Morgan fingerprint density at radius 1 is 1.25 bits per heavy atom. The fourth-order valence-electron chi connectivity index (χ4n) is 2.98. The highest BCUT2D eigenvalue weighted by atomic mass is 16.5. The van der Waals surface area contributed by atoms with Crippen molar-refractivity contribution in [2.24, 2.45) is 11.1 Å². The average Bonchev–Trinajstić information content (AvgIpc) is 2.79. The molecule has 4 nitrogen and oxygen atoms in total. The highest BCUT2D eigenvalue weighted by Gasteiger charge is 2.33. The van der Waals surface area contributed by atoms with Crippen LogP contribution in [0.5, 0.6) is 11.5 Å². The van der Waals surface area contributed by atoms with E-state index in [1.54, 1.807) is 14.2 Å². The molecular weight excluding hydrogens is 252 g/mol. The summed E-state index contributed by atoms with van der Waals surface area (Å²) in [4.78, 5) is 2.47. The van der Waals surface area contributed by atoms with Crippen LogP contribution in [0.1, 0.15) is 31.9 Å². The van der Waals surface area contributed by atoms with Crippen LogP contribution in [-0.2, 0) is 0 Å². The fraction of sp³-hybridized carbons (Fsp3) is 0.625. The predicted molar refractivity (Wildman–Crippen MR) is 81.3 cm³/mol. The summed E-state index contributed by atoms with van der Waals surface area (Å²) in [6.45, 7) is 7.43. The number of rotatable bonds is 5. The molecule has 0 radical (unpaired) electrons. The van der Waals surface area contributed by atoms with Gasteiger partial charge in [0.05, 0.1) is 14.2 Å². The second-order valence-electron chi connectivity index (χ2n) is 6.25. The van der Waals surface area contributed by atoms with E-state index in [4.69, 9.17) is 15.2 Å². The quantitative estimate of drug-likeness (QED) is 0.898. The third-order valence-corrected chi connectivity index (χ3v) is 4.16. The van der Waals surface area contributed by atoms with Gasteiger partial charge in [0, 0.05) is 19.1 Å². The predicted octanol–water partition coefficient (Wildman–Crippen LogP) is 2.44. The maximum Gasteiger partial charge on any atom is 0.161 e. The lowest BCUT2D eigenvalue weighted by Gasteiger charge is -2.29. The Labute approximate surface area is 121 Å². The van der Waals surface area contributed by atoms with Crippen LogP contribution in [0.2, 0.25) is 0 Å². The van der Waals surface area contributed by atoms with Crippen molar-refractivity contribution in [2.45, 2.75) is 26.3 Å². The highest BCUT2D eigenvalue weighted by Crippen LogP contribution is 2.36. The van der Waals surface area contributed by atoms with Gasteiger partial charge in [0.15, 0.2) is 11.5 Å². The van der Waals surface area contributed by atoms with E-state index in [2.05, 4.69) is 24.8 Å². The zero-order valence-corrected chi connectivity index (χ0v) is 13.0. The molecule has 2 N–H and O–H groups in total. The molecule has 1 aliphatic heterocycles. The standard InChI is InChI=1S/C16H26N2O2/c1-16(2)7-8-18(11-16)13(10-17)12-5-6-14(19-3)15(9-12)20-4/h5-6,9,13H,7-8,10-11,17H2,1-4H3. The van der Waals surface area contributed by atoms with E-state index in [1.807, 2.05) is 12.1 Å². The van der Waals surface area contributed by atoms with Gasteiger partial charge in [0.25, 0.3) is 0 Å². The molecule has 1 saturated heterocycles. The summed E-state index contributed by atoms with van der Waals surface area (Å²) >= 11 is 0. The SMILES string of the molecule is COc1ccc(C(CN)N2CCC(C)(C)C2)cc1OC. The first-order valence-corrected chi connectivity index (χ1v) is 7.17. The van der Waals surface area contributed by atoms with E-state index in [9.17, 15) is 0 Å².